The molecule has 1 N–H and O–H groups in total. The topological polar surface area (TPSA) is 124 Å². The van der Waals surface area contributed by atoms with Crippen molar-refractivity contribution < 1.29 is 34.4 Å². The summed E-state index contributed by atoms with van der Waals surface area (Å²) in [5.41, 5.74) is 0.573. The lowest BCUT2D eigenvalue weighted by Crippen LogP contribution is -2.27. The first-order valence-corrected chi connectivity index (χ1v) is 11.6. The average molecular weight is 469 g/mol. The third-order valence-electron chi connectivity index (χ3n) is 3.21. The number of benzene rings is 1. The molecule has 9 nitrogen and oxygen atoms in total. The smallest absolute Gasteiger partial charge is 0.311 e. The summed E-state index contributed by atoms with van der Waals surface area (Å²) < 4.78 is 94.9. The maximum absolute atomic E-state index is 13.6. The van der Waals surface area contributed by atoms with Gasteiger partial charge in [-0.05, 0) is 6.07 Å². The number of alkyl halides is 3. The molecule has 0 spiro atoms. The molecule has 0 aliphatic carbocycles. The molecule has 2 aromatic heterocycles. The van der Waals surface area contributed by atoms with Crippen molar-refractivity contribution in [1.29, 1.82) is 0 Å². The van der Waals surface area contributed by atoms with Crippen molar-refractivity contribution in [2.45, 2.75) is 12.7 Å². The number of hydrogen-bond acceptors (Lipinski definition) is 7. The van der Waals surface area contributed by atoms with Crippen LogP contribution in [0.2, 0.25) is 0 Å². The minimum absolute atomic E-state index is 0.0144. The molecule has 30 heavy (non-hydrogen) atoms. The predicted octanol–water partition coefficient (Wildman–Crippen LogP) is 1.53. The van der Waals surface area contributed by atoms with E-state index in [1.54, 1.807) is 12.1 Å². The summed E-state index contributed by atoms with van der Waals surface area (Å²) in [7, 11) is -7.24. The van der Waals surface area contributed by atoms with E-state index in [0.717, 1.165) is 18.7 Å². The van der Waals surface area contributed by atoms with Gasteiger partial charge in [0, 0.05) is 5.56 Å². The first kappa shape index (κ1) is 23.6. The summed E-state index contributed by atoms with van der Waals surface area (Å²) in [6.07, 6.45) is -0.779. The van der Waals surface area contributed by atoms with Gasteiger partial charge in [-0.3, -0.25) is 0 Å². The highest BCUT2D eigenvalue weighted by Crippen LogP contribution is 2.27. The molecular weight excluding hydrogens is 454 g/mol. The van der Waals surface area contributed by atoms with E-state index >= 15 is 0 Å². The molecule has 0 atom stereocenters. The highest BCUT2D eigenvalue weighted by atomic mass is 32.3. The van der Waals surface area contributed by atoms with Gasteiger partial charge in [-0.2, -0.15) is 13.2 Å². The molecule has 2 heterocycles. The summed E-state index contributed by atoms with van der Waals surface area (Å²) in [5.74, 6) is -1.69. The molecule has 0 amide bonds. The third-order valence-corrected chi connectivity index (χ3v) is 5.64. The van der Waals surface area contributed by atoms with Crippen molar-refractivity contribution in [1.82, 2.24) is 23.6 Å². The number of aromatic nitrogens is 4. The lowest BCUT2D eigenvalue weighted by Gasteiger charge is -2.07. The summed E-state index contributed by atoms with van der Waals surface area (Å²) in [6.45, 7) is 0.0392. The SMILES string of the molecule is CS(=O)(=O)NS(C)(=O)=O.Fc1ccccc1Cn1cnc2cnc(C(F)(F)F)nc21. The van der Waals surface area contributed by atoms with E-state index < -0.39 is 37.9 Å². The Kier molecular flexibility index (Phi) is 6.78. The molecule has 1 aromatic carbocycles. The van der Waals surface area contributed by atoms with Gasteiger partial charge in [0.05, 0.1) is 31.6 Å². The van der Waals surface area contributed by atoms with Crippen LogP contribution in [0.15, 0.2) is 36.8 Å². The molecule has 3 aromatic rings. The van der Waals surface area contributed by atoms with Gasteiger partial charge in [0.2, 0.25) is 25.9 Å². The Hall–Kier alpha value is -2.65. The fourth-order valence-corrected chi connectivity index (χ4v) is 4.39. The van der Waals surface area contributed by atoms with E-state index in [4.69, 9.17) is 0 Å². The van der Waals surface area contributed by atoms with E-state index in [1.165, 1.54) is 27.2 Å². The number of nitrogens with zero attached hydrogens (tertiary/aromatic N) is 4. The van der Waals surface area contributed by atoms with Gasteiger partial charge in [0.25, 0.3) is 0 Å². The first-order valence-electron chi connectivity index (χ1n) is 7.83. The van der Waals surface area contributed by atoms with Crippen LogP contribution >= 0.6 is 0 Å². The lowest BCUT2D eigenvalue weighted by molar-refractivity contribution is -0.144. The van der Waals surface area contributed by atoms with Crippen molar-refractivity contribution in [2.75, 3.05) is 12.5 Å². The first-order chi connectivity index (χ1) is 13.7. The van der Waals surface area contributed by atoms with Crippen LogP contribution in [0.3, 0.4) is 0 Å². The van der Waals surface area contributed by atoms with Gasteiger partial charge in [-0.15, -0.1) is 4.13 Å². The minimum Gasteiger partial charge on any atom is -0.311 e. The highest BCUT2D eigenvalue weighted by molar-refractivity contribution is 8.04. The summed E-state index contributed by atoms with van der Waals surface area (Å²) in [6, 6.07) is 6.01. The van der Waals surface area contributed by atoms with E-state index in [1.807, 2.05) is 0 Å². The number of nitrogens with one attached hydrogen (secondary N) is 1. The zero-order chi connectivity index (χ0) is 22.7. The Morgan fingerprint density at radius 2 is 1.63 bits per heavy atom. The Labute approximate surface area is 168 Å². The fourth-order valence-electron chi connectivity index (χ4n) is 2.19. The molecule has 0 radical (unpaired) electrons. The number of rotatable bonds is 4. The van der Waals surface area contributed by atoms with Gasteiger partial charge < -0.3 is 4.57 Å². The van der Waals surface area contributed by atoms with E-state index in [2.05, 4.69) is 15.0 Å². The van der Waals surface area contributed by atoms with Gasteiger partial charge >= 0.3 is 6.18 Å². The van der Waals surface area contributed by atoms with Gasteiger partial charge in [-0.1, -0.05) is 18.2 Å². The molecule has 164 valence electrons. The van der Waals surface area contributed by atoms with Crippen molar-refractivity contribution in [3.05, 3.63) is 54.0 Å². The van der Waals surface area contributed by atoms with E-state index in [-0.39, 0.29) is 17.7 Å². The summed E-state index contributed by atoms with van der Waals surface area (Å²) in [5, 5.41) is 0. The highest BCUT2D eigenvalue weighted by Gasteiger charge is 2.35. The maximum Gasteiger partial charge on any atom is 0.451 e. The molecule has 0 aliphatic heterocycles. The van der Waals surface area contributed by atoms with Gasteiger partial charge in [0.15, 0.2) is 5.65 Å². The van der Waals surface area contributed by atoms with Gasteiger partial charge in [0.1, 0.15) is 11.3 Å². The standard InChI is InChI=1S/C13H8F4N4.C2H7NO4S2/c14-9-4-2-1-3-8(9)6-21-7-19-10-5-18-12(13(15,16)17)20-11(10)21;1-8(4,5)3-9(2,6)7/h1-5,7H,6H2;3H,1-2H3. The van der Waals surface area contributed by atoms with Crippen LogP contribution in [0, 0.1) is 5.82 Å². The lowest BCUT2D eigenvalue weighted by atomic mass is 10.2. The Bertz CT molecular complexity index is 1230. The number of imidazole rings is 1. The second-order valence-electron chi connectivity index (χ2n) is 5.99. The maximum atomic E-state index is 13.6. The second-order valence-corrected chi connectivity index (χ2v) is 9.75. The van der Waals surface area contributed by atoms with Crippen molar-refractivity contribution >= 4 is 31.2 Å². The minimum atomic E-state index is -4.64. The van der Waals surface area contributed by atoms with Crippen LogP contribution in [-0.4, -0.2) is 48.9 Å². The number of sulfonamides is 2. The molecule has 0 unspecified atom stereocenters. The van der Waals surface area contributed by atoms with Gasteiger partial charge in [-0.25, -0.2) is 36.2 Å². The monoisotopic (exact) mass is 469 g/mol. The van der Waals surface area contributed by atoms with E-state index in [0.29, 0.717) is 5.56 Å². The zero-order valence-corrected chi connectivity index (χ0v) is 17.1. The van der Waals surface area contributed by atoms with Crippen LogP contribution < -0.4 is 4.13 Å². The molecular formula is C15H15F4N5O4S2. The molecule has 0 aliphatic rings. The Morgan fingerprint density at radius 3 is 2.13 bits per heavy atom. The average Bonchev–Trinajstić information content (AvgIpc) is 2.96. The van der Waals surface area contributed by atoms with Crippen LogP contribution in [0.4, 0.5) is 17.6 Å². The molecule has 15 heteroatoms. The second kappa shape index (κ2) is 8.61. The predicted molar refractivity (Wildman–Crippen MR) is 98.7 cm³/mol. The number of halogens is 4. The normalized spacial score (nSPS) is 12.5. The van der Waals surface area contributed by atoms with Crippen LogP contribution in [0.25, 0.3) is 11.2 Å². The molecule has 0 bridgehead atoms. The van der Waals surface area contributed by atoms with Crippen molar-refractivity contribution in [3.63, 3.8) is 0 Å². The molecule has 0 fully saturated rings. The molecule has 0 saturated heterocycles. The zero-order valence-electron chi connectivity index (χ0n) is 15.4. The number of fused-ring (bicyclic) bond motifs is 1. The molecule has 0 saturated carbocycles. The third kappa shape index (κ3) is 7.00. The Morgan fingerprint density at radius 1 is 1.03 bits per heavy atom. The quantitative estimate of drug-likeness (QED) is 0.575. The number of hydrogen-bond donors (Lipinski definition) is 1. The largest absolute Gasteiger partial charge is 0.451 e. The van der Waals surface area contributed by atoms with Crippen molar-refractivity contribution in [2.24, 2.45) is 0 Å². The summed E-state index contributed by atoms with van der Waals surface area (Å²) >= 11 is 0. The van der Waals surface area contributed by atoms with Crippen LogP contribution in [-0.2, 0) is 32.8 Å². The van der Waals surface area contributed by atoms with E-state index in [9.17, 15) is 34.4 Å². The van der Waals surface area contributed by atoms with Crippen LogP contribution in [0.1, 0.15) is 11.4 Å². The summed E-state index contributed by atoms with van der Waals surface area (Å²) in [4.78, 5) is 10.6. The van der Waals surface area contributed by atoms with Crippen LogP contribution in [0.5, 0.6) is 0 Å². The fraction of sp³-hybridized carbons (Fsp3) is 0.267. The van der Waals surface area contributed by atoms with Crippen molar-refractivity contribution in [3.8, 4) is 0 Å². The Balaban J connectivity index is 0.000000303. The molecule has 3 rings (SSSR count).